The zero-order chi connectivity index (χ0) is 18.4. The number of aromatic nitrogens is 1. The maximum Gasteiger partial charge on any atom is 0.407 e. The molecule has 2 N–H and O–H groups in total. The minimum Gasteiger partial charge on any atom is -0.497 e. The SMILES string of the molecule is COc1ccc(COc2ccc(N[C@@H]3CCCN(C(=O)O)C3)cn2)cc1. The molecule has 0 bridgehead atoms. The lowest BCUT2D eigenvalue weighted by Crippen LogP contribution is -2.44. The number of piperidine rings is 1. The number of hydrogen-bond donors (Lipinski definition) is 2. The number of pyridine rings is 1. The highest BCUT2D eigenvalue weighted by atomic mass is 16.5. The van der Waals surface area contributed by atoms with E-state index in [0.29, 0.717) is 25.6 Å². The fraction of sp³-hybridized carbons (Fsp3) is 0.368. The van der Waals surface area contributed by atoms with E-state index >= 15 is 0 Å². The van der Waals surface area contributed by atoms with Crippen molar-refractivity contribution in [2.45, 2.75) is 25.5 Å². The van der Waals surface area contributed by atoms with Gasteiger partial charge in [-0.2, -0.15) is 0 Å². The van der Waals surface area contributed by atoms with E-state index in [1.165, 1.54) is 4.90 Å². The standard InChI is InChI=1S/C19H23N3O4/c1-25-17-7-4-14(5-8-17)13-26-18-9-6-15(11-20-18)21-16-3-2-10-22(12-16)19(23)24/h4-9,11,16,21H,2-3,10,12-13H2,1H3,(H,23,24)/t16-/m1/s1. The van der Waals surface area contributed by atoms with Crippen LogP contribution in [0.1, 0.15) is 18.4 Å². The number of likely N-dealkylation sites (tertiary alicyclic amines) is 1. The number of nitrogens with one attached hydrogen (secondary N) is 1. The quantitative estimate of drug-likeness (QED) is 0.826. The Labute approximate surface area is 152 Å². The highest BCUT2D eigenvalue weighted by Crippen LogP contribution is 2.18. The van der Waals surface area contributed by atoms with Crippen LogP contribution in [0.5, 0.6) is 11.6 Å². The van der Waals surface area contributed by atoms with Crippen molar-refractivity contribution in [1.29, 1.82) is 0 Å². The Kier molecular flexibility index (Phi) is 5.78. The van der Waals surface area contributed by atoms with Crippen molar-refractivity contribution in [3.05, 3.63) is 48.2 Å². The van der Waals surface area contributed by atoms with Crippen LogP contribution in [0.3, 0.4) is 0 Å². The van der Waals surface area contributed by atoms with Crippen LogP contribution >= 0.6 is 0 Å². The molecular formula is C19H23N3O4. The van der Waals surface area contributed by atoms with E-state index in [1.54, 1.807) is 13.3 Å². The van der Waals surface area contributed by atoms with Gasteiger partial charge in [0.05, 0.1) is 19.0 Å². The molecule has 1 amide bonds. The van der Waals surface area contributed by atoms with E-state index in [2.05, 4.69) is 10.3 Å². The van der Waals surface area contributed by atoms with Gasteiger partial charge in [0.25, 0.3) is 0 Å². The van der Waals surface area contributed by atoms with Gasteiger partial charge in [-0.3, -0.25) is 0 Å². The van der Waals surface area contributed by atoms with Crippen molar-refractivity contribution in [3.63, 3.8) is 0 Å². The average Bonchev–Trinajstić information content (AvgIpc) is 2.68. The van der Waals surface area contributed by atoms with Gasteiger partial charge in [-0.15, -0.1) is 0 Å². The van der Waals surface area contributed by atoms with E-state index in [9.17, 15) is 4.79 Å². The molecule has 1 aliphatic rings. The third kappa shape index (κ3) is 4.78. The van der Waals surface area contributed by atoms with Crippen LogP contribution < -0.4 is 14.8 Å². The molecule has 0 radical (unpaired) electrons. The smallest absolute Gasteiger partial charge is 0.407 e. The van der Waals surface area contributed by atoms with Gasteiger partial charge in [0.2, 0.25) is 5.88 Å². The van der Waals surface area contributed by atoms with Crippen LogP contribution in [0.2, 0.25) is 0 Å². The minimum atomic E-state index is -0.864. The first-order valence-electron chi connectivity index (χ1n) is 8.60. The van der Waals surface area contributed by atoms with Crippen LogP contribution in [0, 0.1) is 0 Å². The Morgan fingerprint density at radius 3 is 2.77 bits per heavy atom. The first kappa shape index (κ1) is 17.8. The number of ether oxygens (including phenoxy) is 2. The molecule has 7 heteroatoms. The average molecular weight is 357 g/mol. The number of methoxy groups -OCH3 is 1. The van der Waals surface area contributed by atoms with Gasteiger partial charge < -0.3 is 24.8 Å². The molecule has 1 saturated heterocycles. The molecule has 138 valence electrons. The lowest BCUT2D eigenvalue weighted by molar-refractivity contribution is 0.133. The Balaban J connectivity index is 1.50. The van der Waals surface area contributed by atoms with Crippen molar-refractivity contribution in [3.8, 4) is 11.6 Å². The molecule has 1 aliphatic heterocycles. The molecule has 0 saturated carbocycles. The maximum absolute atomic E-state index is 11.1. The van der Waals surface area contributed by atoms with E-state index < -0.39 is 6.09 Å². The predicted octanol–water partition coefficient (Wildman–Crippen LogP) is 3.22. The Morgan fingerprint density at radius 2 is 2.12 bits per heavy atom. The number of hydrogen-bond acceptors (Lipinski definition) is 5. The third-order valence-corrected chi connectivity index (χ3v) is 4.34. The lowest BCUT2D eigenvalue weighted by Gasteiger charge is -2.31. The van der Waals surface area contributed by atoms with Gasteiger partial charge in [-0.05, 0) is 36.6 Å². The maximum atomic E-state index is 11.1. The molecule has 1 atom stereocenters. The summed E-state index contributed by atoms with van der Waals surface area (Å²) in [7, 11) is 1.64. The highest BCUT2D eigenvalue weighted by molar-refractivity contribution is 5.65. The molecule has 1 fully saturated rings. The largest absolute Gasteiger partial charge is 0.497 e. The molecule has 2 aromatic rings. The van der Waals surface area contributed by atoms with E-state index in [4.69, 9.17) is 14.6 Å². The summed E-state index contributed by atoms with van der Waals surface area (Å²) in [6.07, 6.45) is 2.65. The number of carboxylic acid groups (broad SMARTS) is 1. The predicted molar refractivity (Wildman–Crippen MR) is 97.8 cm³/mol. The van der Waals surface area contributed by atoms with Gasteiger partial charge in [0.15, 0.2) is 0 Å². The van der Waals surface area contributed by atoms with Gasteiger partial charge in [-0.1, -0.05) is 12.1 Å². The molecule has 3 rings (SSSR count). The summed E-state index contributed by atoms with van der Waals surface area (Å²) >= 11 is 0. The number of anilines is 1. The Bertz CT molecular complexity index is 719. The van der Waals surface area contributed by atoms with Crippen molar-refractivity contribution < 1.29 is 19.4 Å². The molecule has 26 heavy (non-hydrogen) atoms. The molecule has 2 heterocycles. The number of nitrogens with zero attached hydrogens (tertiary/aromatic N) is 2. The molecule has 1 aromatic carbocycles. The van der Waals surface area contributed by atoms with Gasteiger partial charge in [0.1, 0.15) is 12.4 Å². The number of amides is 1. The number of rotatable bonds is 6. The molecule has 1 aromatic heterocycles. The van der Waals surface area contributed by atoms with Gasteiger partial charge in [0, 0.05) is 25.2 Å². The summed E-state index contributed by atoms with van der Waals surface area (Å²) in [4.78, 5) is 16.8. The second-order valence-electron chi connectivity index (χ2n) is 6.23. The van der Waals surface area contributed by atoms with Gasteiger partial charge >= 0.3 is 6.09 Å². The molecule has 0 spiro atoms. The normalized spacial score (nSPS) is 16.8. The summed E-state index contributed by atoms with van der Waals surface area (Å²) in [6.45, 7) is 1.52. The zero-order valence-electron chi connectivity index (χ0n) is 14.7. The fourth-order valence-electron chi connectivity index (χ4n) is 2.93. The summed E-state index contributed by atoms with van der Waals surface area (Å²) < 4.78 is 10.8. The second kappa shape index (κ2) is 8.42. The van der Waals surface area contributed by atoms with Crippen LogP contribution in [0.25, 0.3) is 0 Å². The first-order chi connectivity index (χ1) is 12.6. The second-order valence-corrected chi connectivity index (χ2v) is 6.23. The minimum absolute atomic E-state index is 0.104. The first-order valence-corrected chi connectivity index (χ1v) is 8.60. The van der Waals surface area contributed by atoms with Crippen molar-refractivity contribution in [2.24, 2.45) is 0 Å². The monoisotopic (exact) mass is 357 g/mol. The fourth-order valence-corrected chi connectivity index (χ4v) is 2.93. The van der Waals surface area contributed by atoms with Crippen LogP contribution in [0.15, 0.2) is 42.6 Å². The number of benzene rings is 1. The molecule has 0 unspecified atom stereocenters. The van der Waals surface area contributed by atoms with Crippen molar-refractivity contribution in [2.75, 3.05) is 25.5 Å². The summed E-state index contributed by atoms with van der Waals surface area (Å²) in [5.74, 6) is 1.36. The zero-order valence-corrected chi connectivity index (χ0v) is 14.7. The van der Waals surface area contributed by atoms with Crippen LogP contribution in [-0.2, 0) is 6.61 Å². The summed E-state index contributed by atoms with van der Waals surface area (Å²) in [5.41, 5.74) is 1.89. The molecule has 7 nitrogen and oxygen atoms in total. The van der Waals surface area contributed by atoms with Crippen LogP contribution in [0.4, 0.5) is 10.5 Å². The van der Waals surface area contributed by atoms with Gasteiger partial charge in [-0.25, -0.2) is 9.78 Å². The Hall–Kier alpha value is -2.96. The molecule has 0 aliphatic carbocycles. The van der Waals surface area contributed by atoms with E-state index in [-0.39, 0.29) is 6.04 Å². The van der Waals surface area contributed by atoms with E-state index in [1.807, 2.05) is 36.4 Å². The van der Waals surface area contributed by atoms with Crippen molar-refractivity contribution >= 4 is 11.8 Å². The number of carbonyl (C=O) groups is 1. The van der Waals surface area contributed by atoms with Crippen LogP contribution in [-0.4, -0.2) is 47.3 Å². The Morgan fingerprint density at radius 1 is 1.31 bits per heavy atom. The summed E-state index contributed by atoms with van der Waals surface area (Å²) in [5, 5.41) is 12.4. The topological polar surface area (TPSA) is 83.9 Å². The van der Waals surface area contributed by atoms with E-state index in [0.717, 1.165) is 29.8 Å². The highest BCUT2D eigenvalue weighted by Gasteiger charge is 2.22. The lowest BCUT2D eigenvalue weighted by atomic mass is 10.1. The summed E-state index contributed by atoms with van der Waals surface area (Å²) in [6, 6.07) is 11.5. The molecular weight excluding hydrogens is 334 g/mol. The third-order valence-electron chi connectivity index (χ3n) is 4.34. The van der Waals surface area contributed by atoms with Crippen molar-refractivity contribution in [1.82, 2.24) is 9.88 Å².